The van der Waals surface area contributed by atoms with Crippen LogP contribution in [0, 0.1) is 0 Å². The lowest BCUT2D eigenvalue weighted by atomic mass is 10.1. The van der Waals surface area contributed by atoms with Crippen LogP contribution < -0.4 is 10.5 Å². The van der Waals surface area contributed by atoms with E-state index < -0.39 is 10.0 Å². The van der Waals surface area contributed by atoms with E-state index in [9.17, 15) is 8.42 Å². The van der Waals surface area contributed by atoms with Crippen LogP contribution in [-0.2, 0) is 10.0 Å². The molecule has 3 aromatic carbocycles. The molecule has 0 heterocycles. The SMILES string of the molecule is C/C(N)=N\S(=O)(=O)c1ccc(-c2ccccc2)cc1.C=C(O)CCCO.COc1cccc(SC)c1. The number of hydrogen-bond acceptors (Lipinski definition) is 6. The molecule has 3 aromatic rings. The summed E-state index contributed by atoms with van der Waals surface area (Å²) in [4.78, 5) is 1.37. The molecule has 7 nitrogen and oxygen atoms in total. The molecule has 0 saturated heterocycles. The van der Waals surface area contributed by atoms with Gasteiger partial charge in [0, 0.05) is 17.9 Å². The minimum atomic E-state index is -3.70. The summed E-state index contributed by atoms with van der Waals surface area (Å²) in [6.07, 6.45) is 3.17. The molecule has 0 aliphatic carbocycles. The molecule has 0 radical (unpaired) electrons. The highest BCUT2D eigenvalue weighted by molar-refractivity contribution is 7.98. The van der Waals surface area contributed by atoms with Crippen molar-refractivity contribution >= 4 is 27.6 Å². The number of sulfonamides is 1. The topological polar surface area (TPSA) is 122 Å². The Balaban J connectivity index is 0.000000318. The Morgan fingerprint density at radius 2 is 1.64 bits per heavy atom. The maximum absolute atomic E-state index is 11.8. The van der Waals surface area contributed by atoms with Crippen molar-refractivity contribution in [2.45, 2.75) is 29.6 Å². The third-order valence-electron chi connectivity index (χ3n) is 4.42. The quantitative estimate of drug-likeness (QED) is 0.148. The lowest BCUT2D eigenvalue weighted by Gasteiger charge is -2.03. The fourth-order valence-electron chi connectivity index (χ4n) is 2.70. The molecule has 0 fully saturated rings. The molecule has 194 valence electrons. The fraction of sp³-hybridized carbons (Fsp3) is 0.222. The van der Waals surface area contributed by atoms with E-state index in [0.717, 1.165) is 16.9 Å². The Kier molecular flexibility index (Phi) is 14.0. The fourth-order valence-corrected chi connectivity index (χ4v) is 4.12. The number of amidine groups is 1. The highest BCUT2D eigenvalue weighted by Gasteiger charge is 2.12. The van der Waals surface area contributed by atoms with Crippen LogP contribution in [0.25, 0.3) is 11.1 Å². The van der Waals surface area contributed by atoms with Gasteiger partial charge < -0.3 is 20.7 Å². The predicted molar refractivity (Wildman–Crippen MR) is 149 cm³/mol. The molecule has 3 rings (SSSR count). The summed E-state index contributed by atoms with van der Waals surface area (Å²) in [5, 5.41) is 16.5. The number of ether oxygens (including phenoxy) is 1. The second-order valence-corrected chi connectivity index (χ2v) is 9.86. The summed E-state index contributed by atoms with van der Waals surface area (Å²) in [6, 6.07) is 24.3. The number of aliphatic hydroxyl groups is 2. The Bertz CT molecular complexity index is 1170. The monoisotopic (exact) mass is 530 g/mol. The summed E-state index contributed by atoms with van der Waals surface area (Å²) in [5.74, 6) is 1.09. The first-order valence-electron chi connectivity index (χ1n) is 11.0. The molecular weight excluding hydrogens is 496 g/mol. The normalized spacial score (nSPS) is 10.8. The molecule has 36 heavy (non-hydrogen) atoms. The first-order valence-corrected chi connectivity index (χ1v) is 13.7. The number of nitrogens with two attached hydrogens (primary N) is 1. The van der Waals surface area contributed by atoms with Gasteiger partial charge in [-0.05, 0) is 61.1 Å². The molecule has 0 unspecified atom stereocenters. The van der Waals surface area contributed by atoms with Crippen molar-refractivity contribution in [2.24, 2.45) is 10.1 Å². The highest BCUT2D eigenvalue weighted by Crippen LogP contribution is 2.22. The van der Waals surface area contributed by atoms with Crippen LogP contribution in [0.1, 0.15) is 19.8 Å². The maximum Gasteiger partial charge on any atom is 0.283 e. The van der Waals surface area contributed by atoms with E-state index in [0.29, 0.717) is 12.8 Å². The summed E-state index contributed by atoms with van der Waals surface area (Å²) in [5.41, 5.74) is 7.29. The van der Waals surface area contributed by atoms with Crippen molar-refractivity contribution in [3.8, 4) is 16.9 Å². The molecule has 9 heteroatoms. The van der Waals surface area contributed by atoms with E-state index >= 15 is 0 Å². The molecule has 0 aromatic heterocycles. The minimum Gasteiger partial charge on any atom is -0.513 e. The average Bonchev–Trinajstić information content (AvgIpc) is 2.88. The van der Waals surface area contributed by atoms with Crippen molar-refractivity contribution in [3.05, 3.63) is 91.2 Å². The second-order valence-electron chi connectivity index (χ2n) is 7.37. The minimum absolute atomic E-state index is 0.0205. The molecule has 4 N–H and O–H groups in total. The van der Waals surface area contributed by atoms with Gasteiger partial charge in [-0.25, -0.2) is 0 Å². The van der Waals surface area contributed by atoms with Crippen LogP contribution in [0.4, 0.5) is 0 Å². The Morgan fingerprint density at radius 1 is 1.03 bits per heavy atom. The number of hydrogen-bond donors (Lipinski definition) is 3. The van der Waals surface area contributed by atoms with Gasteiger partial charge >= 0.3 is 0 Å². The molecule has 0 aliphatic rings. The van der Waals surface area contributed by atoms with Crippen LogP contribution in [0.5, 0.6) is 5.75 Å². The maximum atomic E-state index is 11.8. The number of methoxy groups -OCH3 is 1. The van der Waals surface area contributed by atoms with Crippen LogP contribution in [0.15, 0.2) is 105 Å². The molecule has 0 bridgehead atoms. The highest BCUT2D eigenvalue weighted by atomic mass is 32.2. The van der Waals surface area contributed by atoms with Gasteiger partial charge in [0.05, 0.1) is 17.8 Å². The lowest BCUT2D eigenvalue weighted by Crippen LogP contribution is -2.09. The molecule has 0 amide bonds. The smallest absolute Gasteiger partial charge is 0.283 e. The van der Waals surface area contributed by atoms with Crippen LogP contribution >= 0.6 is 11.8 Å². The first kappa shape index (κ1) is 30.8. The lowest BCUT2D eigenvalue weighted by molar-refractivity contribution is 0.276. The third kappa shape index (κ3) is 11.9. The predicted octanol–water partition coefficient (Wildman–Crippen LogP) is 5.67. The zero-order valence-electron chi connectivity index (χ0n) is 20.8. The van der Waals surface area contributed by atoms with E-state index in [4.69, 9.17) is 20.7 Å². The summed E-state index contributed by atoms with van der Waals surface area (Å²) in [7, 11) is -2.02. The molecular formula is C27H34N2O5S2. The van der Waals surface area contributed by atoms with Crippen LogP contribution in [0.2, 0.25) is 0 Å². The second kappa shape index (κ2) is 16.4. The number of nitrogens with zero attached hydrogens (tertiary/aromatic N) is 1. The van der Waals surface area contributed by atoms with Crippen molar-refractivity contribution < 1.29 is 23.4 Å². The molecule has 0 aliphatic heterocycles. The van der Waals surface area contributed by atoms with Crippen molar-refractivity contribution in [2.75, 3.05) is 20.0 Å². The van der Waals surface area contributed by atoms with Gasteiger partial charge in [0.15, 0.2) is 0 Å². The van der Waals surface area contributed by atoms with Crippen molar-refractivity contribution in [1.29, 1.82) is 0 Å². The number of rotatable bonds is 8. The summed E-state index contributed by atoms with van der Waals surface area (Å²) in [6.45, 7) is 4.80. The van der Waals surface area contributed by atoms with Gasteiger partial charge in [-0.15, -0.1) is 16.2 Å². The largest absolute Gasteiger partial charge is 0.513 e. The Morgan fingerprint density at radius 3 is 2.11 bits per heavy atom. The Hall–Kier alpha value is -3.27. The molecule has 0 spiro atoms. The number of benzene rings is 3. The molecule has 0 atom stereocenters. The first-order chi connectivity index (χ1) is 17.1. The van der Waals surface area contributed by atoms with Crippen LogP contribution in [-0.4, -0.2) is 44.4 Å². The van der Waals surface area contributed by atoms with E-state index in [1.54, 1.807) is 31.0 Å². The third-order valence-corrected chi connectivity index (χ3v) is 6.55. The number of thioether (sulfide) groups is 1. The van der Waals surface area contributed by atoms with Gasteiger partial charge in [-0.1, -0.05) is 55.1 Å². The number of aliphatic hydroxyl groups excluding tert-OH is 2. The Labute approximate surface area is 218 Å². The van der Waals surface area contributed by atoms with E-state index in [1.807, 2.05) is 48.5 Å². The van der Waals surface area contributed by atoms with Gasteiger partial charge in [0.2, 0.25) is 0 Å². The number of allylic oxidation sites excluding steroid dienone is 1. The van der Waals surface area contributed by atoms with Gasteiger partial charge in [-0.2, -0.15) is 8.42 Å². The zero-order chi connectivity index (χ0) is 27.0. The standard InChI is InChI=1S/C14H14N2O2S.C8H10OS.C5H10O2/c1-11(15)16-19(17,18)14-9-7-13(8-10-14)12-5-3-2-4-6-12;1-9-7-4-3-5-8(6-7)10-2;1-5(7)3-2-4-6/h2-10H,1H3,(H2,15,16);3-6H,1-2H3;6-7H,1-4H2. The van der Waals surface area contributed by atoms with E-state index in [-0.39, 0.29) is 23.1 Å². The van der Waals surface area contributed by atoms with Gasteiger partial charge in [-0.3, -0.25) is 0 Å². The van der Waals surface area contributed by atoms with E-state index in [1.165, 1.54) is 24.0 Å². The van der Waals surface area contributed by atoms with Crippen molar-refractivity contribution in [1.82, 2.24) is 0 Å². The average molecular weight is 531 g/mol. The summed E-state index contributed by atoms with van der Waals surface area (Å²) >= 11 is 1.72. The molecule has 0 saturated carbocycles. The van der Waals surface area contributed by atoms with Gasteiger partial charge in [0.25, 0.3) is 10.0 Å². The van der Waals surface area contributed by atoms with Crippen LogP contribution in [0.3, 0.4) is 0 Å². The zero-order valence-corrected chi connectivity index (χ0v) is 22.4. The summed E-state index contributed by atoms with van der Waals surface area (Å²) < 4.78 is 32.1. The van der Waals surface area contributed by atoms with Crippen molar-refractivity contribution in [3.63, 3.8) is 0 Å². The van der Waals surface area contributed by atoms with Gasteiger partial charge in [0.1, 0.15) is 11.6 Å². The van der Waals surface area contributed by atoms with E-state index in [2.05, 4.69) is 23.3 Å².